The third kappa shape index (κ3) is 4.94. The lowest BCUT2D eigenvalue weighted by atomic mass is 9.93. The van der Waals surface area contributed by atoms with Crippen LogP contribution < -0.4 is 10.6 Å². The van der Waals surface area contributed by atoms with E-state index >= 15 is 0 Å². The molecule has 0 aliphatic carbocycles. The van der Waals surface area contributed by atoms with Crippen molar-refractivity contribution in [2.24, 2.45) is 5.92 Å². The van der Waals surface area contributed by atoms with E-state index in [1.807, 2.05) is 0 Å². The number of nitrogens with zero attached hydrogens (tertiary/aromatic N) is 1. The quantitative estimate of drug-likeness (QED) is 0.710. The van der Waals surface area contributed by atoms with Crippen LogP contribution in [0.5, 0.6) is 0 Å². The molecule has 2 N–H and O–H groups in total. The van der Waals surface area contributed by atoms with Crippen molar-refractivity contribution in [2.45, 2.75) is 51.6 Å². The van der Waals surface area contributed by atoms with Crippen molar-refractivity contribution >= 4 is 0 Å². The Hall–Kier alpha value is -0.120. The van der Waals surface area contributed by atoms with Gasteiger partial charge in [0, 0.05) is 25.2 Å². The van der Waals surface area contributed by atoms with Gasteiger partial charge in [-0.3, -0.25) is 0 Å². The summed E-state index contributed by atoms with van der Waals surface area (Å²) in [6.45, 7) is 8.09. The Morgan fingerprint density at radius 2 is 2.00 bits per heavy atom. The fraction of sp³-hybridized carbons (Fsp3) is 1.00. The molecule has 1 aliphatic rings. The zero-order valence-electron chi connectivity index (χ0n) is 12.1. The Morgan fingerprint density at radius 1 is 1.29 bits per heavy atom. The largest absolute Gasteiger partial charge is 0.315 e. The van der Waals surface area contributed by atoms with E-state index in [1.165, 1.54) is 32.2 Å². The predicted octanol–water partition coefficient (Wildman–Crippen LogP) is 1.69. The number of likely N-dealkylation sites (N-methyl/N-ethyl adjacent to an activating group) is 1. The minimum Gasteiger partial charge on any atom is -0.315 e. The summed E-state index contributed by atoms with van der Waals surface area (Å²) in [6, 6.07) is 1.35. The number of piperidine rings is 1. The molecule has 0 spiro atoms. The summed E-state index contributed by atoms with van der Waals surface area (Å²) in [5, 5.41) is 7.22. The molecule has 0 saturated carbocycles. The van der Waals surface area contributed by atoms with E-state index in [9.17, 15) is 0 Å². The minimum atomic E-state index is 0.673. The molecule has 0 bridgehead atoms. The molecule has 3 nitrogen and oxygen atoms in total. The summed E-state index contributed by atoms with van der Waals surface area (Å²) < 4.78 is 0. The van der Waals surface area contributed by atoms with Crippen molar-refractivity contribution in [1.29, 1.82) is 0 Å². The molecule has 2 unspecified atom stereocenters. The topological polar surface area (TPSA) is 27.3 Å². The maximum absolute atomic E-state index is 3.75. The van der Waals surface area contributed by atoms with Gasteiger partial charge < -0.3 is 15.5 Å². The fourth-order valence-electron chi connectivity index (χ4n) is 2.92. The second-order valence-corrected chi connectivity index (χ2v) is 5.56. The van der Waals surface area contributed by atoms with Crippen LogP contribution in [0.4, 0.5) is 0 Å². The SMILES string of the molecule is CCC(CC)C(CNC1CCCNC1)N(C)C. The lowest BCUT2D eigenvalue weighted by molar-refractivity contribution is 0.186. The van der Waals surface area contributed by atoms with Crippen LogP contribution in [0.15, 0.2) is 0 Å². The van der Waals surface area contributed by atoms with E-state index in [1.54, 1.807) is 0 Å². The van der Waals surface area contributed by atoms with Crippen molar-refractivity contribution in [3.8, 4) is 0 Å². The minimum absolute atomic E-state index is 0.673. The first-order chi connectivity index (χ1) is 8.19. The number of hydrogen-bond acceptors (Lipinski definition) is 3. The summed E-state index contributed by atoms with van der Waals surface area (Å²) in [7, 11) is 4.42. The summed E-state index contributed by atoms with van der Waals surface area (Å²) in [5.41, 5.74) is 0. The van der Waals surface area contributed by atoms with Gasteiger partial charge in [-0.15, -0.1) is 0 Å². The van der Waals surface area contributed by atoms with Crippen LogP contribution in [0.1, 0.15) is 39.5 Å². The normalized spacial score (nSPS) is 23.3. The van der Waals surface area contributed by atoms with Crippen molar-refractivity contribution in [3.05, 3.63) is 0 Å². The molecule has 0 radical (unpaired) electrons. The molecule has 1 rings (SSSR count). The Morgan fingerprint density at radius 3 is 2.47 bits per heavy atom. The molecule has 1 saturated heterocycles. The fourth-order valence-corrected chi connectivity index (χ4v) is 2.92. The first kappa shape index (κ1) is 14.9. The molecule has 3 heteroatoms. The third-order valence-electron chi connectivity index (χ3n) is 4.17. The van der Waals surface area contributed by atoms with E-state index in [0.29, 0.717) is 12.1 Å². The molecule has 0 aromatic heterocycles. The van der Waals surface area contributed by atoms with Gasteiger partial charge in [-0.1, -0.05) is 26.7 Å². The zero-order chi connectivity index (χ0) is 12.7. The molecule has 1 fully saturated rings. The number of nitrogens with one attached hydrogen (secondary N) is 2. The lowest BCUT2D eigenvalue weighted by Gasteiger charge is -2.34. The molecule has 17 heavy (non-hydrogen) atoms. The Kier molecular flexibility index (Phi) is 7.09. The molecule has 0 amide bonds. The highest BCUT2D eigenvalue weighted by atomic mass is 15.1. The standard InChI is InChI=1S/C14H31N3/c1-5-12(6-2)14(17(3)4)11-16-13-8-7-9-15-10-13/h12-16H,5-11H2,1-4H3. The van der Waals surface area contributed by atoms with Crippen molar-refractivity contribution in [1.82, 2.24) is 15.5 Å². The molecule has 1 aliphatic heterocycles. The maximum atomic E-state index is 3.75. The van der Waals surface area contributed by atoms with Gasteiger partial charge in [-0.05, 0) is 39.4 Å². The highest BCUT2D eigenvalue weighted by Crippen LogP contribution is 2.16. The van der Waals surface area contributed by atoms with Gasteiger partial charge >= 0.3 is 0 Å². The second-order valence-electron chi connectivity index (χ2n) is 5.56. The smallest absolute Gasteiger partial charge is 0.0242 e. The molecular weight excluding hydrogens is 210 g/mol. The van der Waals surface area contributed by atoms with E-state index in [0.717, 1.165) is 19.0 Å². The van der Waals surface area contributed by atoms with E-state index in [2.05, 4.69) is 43.5 Å². The van der Waals surface area contributed by atoms with Gasteiger partial charge in [0.15, 0.2) is 0 Å². The number of hydrogen-bond donors (Lipinski definition) is 2. The van der Waals surface area contributed by atoms with Crippen molar-refractivity contribution in [3.63, 3.8) is 0 Å². The average Bonchev–Trinajstić information content (AvgIpc) is 2.35. The van der Waals surface area contributed by atoms with E-state index in [4.69, 9.17) is 0 Å². The molecule has 102 valence electrons. The van der Waals surface area contributed by atoms with Gasteiger partial charge in [0.2, 0.25) is 0 Å². The van der Waals surface area contributed by atoms with Crippen LogP contribution in [0.2, 0.25) is 0 Å². The summed E-state index contributed by atoms with van der Waals surface area (Å²) in [4.78, 5) is 2.39. The maximum Gasteiger partial charge on any atom is 0.0242 e. The zero-order valence-corrected chi connectivity index (χ0v) is 12.1. The van der Waals surface area contributed by atoms with Crippen LogP contribution in [0.25, 0.3) is 0 Å². The van der Waals surface area contributed by atoms with Gasteiger partial charge in [-0.2, -0.15) is 0 Å². The number of rotatable bonds is 7. The summed E-state index contributed by atoms with van der Waals surface area (Å²) in [6.07, 6.45) is 5.21. The van der Waals surface area contributed by atoms with Crippen LogP contribution in [-0.4, -0.2) is 50.7 Å². The average molecular weight is 241 g/mol. The van der Waals surface area contributed by atoms with Gasteiger partial charge in [0.05, 0.1) is 0 Å². The van der Waals surface area contributed by atoms with Crippen molar-refractivity contribution < 1.29 is 0 Å². The van der Waals surface area contributed by atoms with Gasteiger partial charge in [0.25, 0.3) is 0 Å². The highest BCUT2D eigenvalue weighted by Gasteiger charge is 2.22. The third-order valence-corrected chi connectivity index (χ3v) is 4.17. The van der Waals surface area contributed by atoms with Crippen LogP contribution in [-0.2, 0) is 0 Å². The molecule has 2 atom stereocenters. The van der Waals surface area contributed by atoms with Crippen LogP contribution >= 0.6 is 0 Å². The van der Waals surface area contributed by atoms with E-state index < -0.39 is 0 Å². The highest BCUT2D eigenvalue weighted by molar-refractivity contribution is 4.81. The first-order valence-corrected chi connectivity index (χ1v) is 7.29. The van der Waals surface area contributed by atoms with Gasteiger partial charge in [-0.25, -0.2) is 0 Å². The van der Waals surface area contributed by atoms with Crippen LogP contribution in [0, 0.1) is 5.92 Å². The first-order valence-electron chi connectivity index (χ1n) is 7.29. The molecule has 1 heterocycles. The monoisotopic (exact) mass is 241 g/mol. The van der Waals surface area contributed by atoms with Crippen molar-refractivity contribution in [2.75, 3.05) is 33.7 Å². The Labute approximate surface area is 107 Å². The Balaban J connectivity index is 2.37. The molecule has 0 aromatic rings. The second kappa shape index (κ2) is 8.06. The van der Waals surface area contributed by atoms with Crippen LogP contribution in [0.3, 0.4) is 0 Å². The summed E-state index contributed by atoms with van der Waals surface area (Å²) >= 11 is 0. The molecular formula is C14H31N3. The Bertz CT molecular complexity index is 184. The van der Waals surface area contributed by atoms with Gasteiger partial charge in [0.1, 0.15) is 0 Å². The predicted molar refractivity (Wildman–Crippen MR) is 75.4 cm³/mol. The lowest BCUT2D eigenvalue weighted by Crippen LogP contribution is -2.50. The van der Waals surface area contributed by atoms with E-state index in [-0.39, 0.29) is 0 Å². The summed E-state index contributed by atoms with van der Waals surface area (Å²) in [5.74, 6) is 0.814. The molecule has 0 aromatic carbocycles.